The van der Waals surface area contributed by atoms with Crippen LogP contribution in [0, 0.1) is 0 Å². The molecule has 0 bridgehead atoms. The molecule has 0 saturated carbocycles. The van der Waals surface area contributed by atoms with Crippen LogP contribution in [0.1, 0.15) is 25.0 Å². The Kier molecular flexibility index (Phi) is 5.88. The fraction of sp³-hybridized carbons (Fsp3) is 0.238. The first-order valence-electron chi connectivity index (χ1n) is 8.61. The van der Waals surface area contributed by atoms with Gasteiger partial charge in [-0.25, -0.2) is 4.79 Å². The van der Waals surface area contributed by atoms with Crippen molar-refractivity contribution in [2.24, 2.45) is 0 Å². The molecule has 0 unspecified atom stereocenters. The van der Waals surface area contributed by atoms with Crippen LogP contribution in [0.3, 0.4) is 0 Å². The fourth-order valence-electron chi connectivity index (χ4n) is 3.16. The number of carbonyl (C=O) groups excluding carboxylic acids is 2. The number of amides is 1. The maximum absolute atomic E-state index is 12.8. The smallest absolute Gasteiger partial charge is 0.331 e. The lowest BCUT2D eigenvalue weighted by Gasteiger charge is -2.25. The molecule has 0 aromatic heterocycles. The summed E-state index contributed by atoms with van der Waals surface area (Å²) in [6, 6.07) is 12.8. The summed E-state index contributed by atoms with van der Waals surface area (Å²) in [5, 5.41) is 0.942. The summed E-state index contributed by atoms with van der Waals surface area (Å²) in [4.78, 5) is 26.6. The molecule has 0 radical (unpaired) electrons. The van der Waals surface area contributed by atoms with E-state index in [0.29, 0.717) is 15.6 Å². The Balaban J connectivity index is 1.66. The van der Waals surface area contributed by atoms with Crippen molar-refractivity contribution < 1.29 is 14.3 Å². The van der Waals surface area contributed by atoms with Gasteiger partial charge in [0.1, 0.15) is 0 Å². The number of carbonyl (C=O) groups is 2. The number of nitrogens with zero attached hydrogens (tertiary/aromatic N) is 1. The van der Waals surface area contributed by atoms with Crippen molar-refractivity contribution in [3.63, 3.8) is 0 Å². The van der Waals surface area contributed by atoms with E-state index in [1.165, 1.54) is 12.2 Å². The molecule has 1 aliphatic rings. The Bertz CT molecular complexity index is 910. The number of para-hydroxylation sites is 1. The summed E-state index contributed by atoms with van der Waals surface area (Å²) < 4.78 is 5.29. The average molecular weight is 404 g/mol. The molecule has 4 nitrogen and oxygen atoms in total. The Morgan fingerprint density at radius 2 is 1.96 bits per heavy atom. The molecular weight excluding hydrogens is 385 g/mol. The van der Waals surface area contributed by atoms with Crippen molar-refractivity contribution in [1.29, 1.82) is 0 Å². The zero-order valence-electron chi connectivity index (χ0n) is 15.0. The minimum absolute atomic E-state index is 0.0273. The van der Waals surface area contributed by atoms with E-state index in [-0.39, 0.29) is 11.9 Å². The molecule has 1 aliphatic heterocycles. The van der Waals surface area contributed by atoms with E-state index in [9.17, 15) is 9.59 Å². The standard InChI is InChI=1S/C21H19Cl2NO3/c1-13-11-16-5-3-4-6-19(16)24(13)21(26)14(2)27-20(25)10-8-15-7-9-17(22)12-18(15)23/h3-10,12-14H,11H2,1-2H3/b10-8+/t13-,14+/m0/s1. The van der Waals surface area contributed by atoms with Crippen molar-refractivity contribution in [3.8, 4) is 0 Å². The van der Waals surface area contributed by atoms with Gasteiger partial charge in [0.2, 0.25) is 0 Å². The number of rotatable bonds is 4. The van der Waals surface area contributed by atoms with Gasteiger partial charge in [-0.1, -0.05) is 47.5 Å². The van der Waals surface area contributed by atoms with Crippen molar-refractivity contribution in [2.75, 3.05) is 4.90 Å². The third-order valence-corrected chi connectivity index (χ3v) is 5.01. The fourth-order valence-corrected chi connectivity index (χ4v) is 3.63. The maximum atomic E-state index is 12.8. The number of hydrogen-bond acceptors (Lipinski definition) is 3. The average Bonchev–Trinajstić information content (AvgIpc) is 2.96. The van der Waals surface area contributed by atoms with Gasteiger partial charge in [0.15, 0.2) is 6.10 Å². The first kappa shape index (κ1) is 19.5. The van der Waals surface area contributed by atoms with E-state index in [1.807, 2.05) is 31.2 Å². The van der Waals surface area contributed by atoms with Gasteiger partial charge in [-0.15, -0.1) is 0 Å². The zero-order chi connectivity index (χ0) is 19.6. The number of anilines is 1. The van der Waals surface area contributed by atoms with Crippen LogP contribution in [0.5, 0.6) is 0 Å². The zero-order valence-corrected chi connectivity index (χ0v) is 16.5. The lowest BCUT2D eigenvalue weighted by atomic mass is 10.1. The first-order valence-corrected chi connectivity index (χ1v) is 9.37. The Hall–Kier alpha value is -2.30. The largest absolute Gasteiger partial charge is 0.449 e. The Labute approximate surface area is 168 Å². The van der Waals surface area contributed by atoms with Gasteiger partial charge in [0.25, 0.3) is 5.91 Å². The van der Waals surface area contributed by atoms with E-state index in [4.69, 9.17) is 27.9 Å². The van der Waals surface area contributed by atoms with E-state index in [1.54, 1.807) is 30.0 Å². The lowest BCUT2D eigenvalue weighted by Crippen LogP contribution is -2.43. The molecule has 6 heteroatoms. The van der Waals surface area contributed by atoms with Gasteiger partial charge >= 0.3 is 5.97 Å². The van der Waals surface area contributed by atoms with E-state index in [2.05, 4.69) is 0 Å². The van der Waals surface area contributed by atoms with Crippen molar-refractivity contribution >= 4 is 46.8 Å². The summed E-state index contributed by atoms with van der Waals surface area (Å²) in [6.07, 6.45) is 2.68. The quantitative estimate of drug-likeness (QED) is 0.537. The highest BCUT2D eigenvalue weighted by atomic mass is 35.5. The van der Waals surface area contributed by atoms with Gasteiger partial charge in [-0.3, -0.25) is 4.79 Å². The molecule has 1 amide bonds. The highest BCUT2D eigenvalue weighted by molar-refractivity contribution is 6.35. The second-order valence-corrected chi connectivity index (χ2v) is 7.31. The van der Waals surface area contributed by atoms with Crippen LogP contribution in [0.25, 0.3) is 6.08 Å². The van der Waals surface area contributed by atoms with Crippen LogP contribution >= 0.6 is 23.2 Å². The number of halogens is 2. The molecule has 1 heterocycles. The van der Waals surface area contributed by atoms with Crippen LogP contribution in [0.15, 0.2) is 48.5 Å². The van der Waals surface area contributed by atoms with Gasteiger partial charge < -0.3 is 9.64 Å². The van der Waals surface area contributed by atoms with Gasteiger partial charge in [0, 0.05) is 27.9 Å². The third-order valence-electron chi connectivity index (χ3n) is 4.45. The highest BCUT2D eigenvalue weighted by Crippen LogP contribution is 2.32. The van der Waals surface area contributed by atoms with E-state index < -0.39 is 12.1 Å². The molecule has 2 atom stereocenters. The van der Waals surface area contributed by atoms with Gasteiger partial charge in [-0.2, -0.15) is 0 Å². The molecule has 2 aromatic carbocycles. The van der Waals surface area contributed by atoms with Crippen molar-refractivity contribution in [2.45, 2.75) is 32.4 Å². The molecule has 3 rings (SSSR count). The molecule has 140 valence electrons. The summed E-state index contributed by atoms with van der Waals surface area (Å²) in [7, 11) is 0. The van der Waals surface area contributed by atoms with E-state index in [0.717, 1.165) is 17.7 Å². The van der Waals surface area contributed by atoms with E-state index >= 15 is 0 Å². The number of ether oxygens (including phenoxy) is 1. The summed E-state index contributed by atoms with van der Waals surface area (Å²) in [5.41, 5.74) is 2.63. The van der Waals surface area contributed by atoms with Crippen LogP contribution in [-0.2, 0) is 20.7 Å². The van der Waals surface area contributed by atoms with Crippen LogP contribution in [0.2, 0.25) is 10.0 Å². The topological polar surface area (TPSA) is 46.6 Å². The molecule has 27 heavy (non-hydrogen) atoms. The molecule has 0 fully saturated rings. The minimum atomic E-state index is -0.892. The number of esters is 1. The second-order valence-electron chi connectivity index (χ2n) is 6.47. The Morgan fingerprint density at radius 3 is 2.70 bits per heavy atom. The summed E-state index contributed by atoms with van der Waals surface area (Å²) >= 11 is 11.9. The number of hydrogen-bond donors (Lipinski definition) is 0. The van der Waals surface area contributed by atoms with Gasteiger partial charge in [-0.05, 0) is 55.7 Å². The van der Waals surface area contributed by atoms with Gasteiger partial charge in [0.05, 0.1) is 0 Å². The number of fused-ring (bicyclic) bond motifs is 1. The molecule has 0 saturated heterocycles. The predicted octanol–water partition coefficient (Wildman–Crippen LogP) is 4.92. The van der Waals surface area contributed by atoms with Crippen LogP contribution in [-0.4, -0.2) is 24.0 Å². The predicted molar refractivity (Wildman–Crippen MR) is 108 cm³/mol. The lowest BCUT2D eigenvalue weighted by molar-refractivity contribution is -0.149. The second kappa shape index (κ2) is 8.15. The maximum Gasteiger partial charge on any atom is 0.331 e. The molecule has 2 aromatic rings. The van der Waals surface area contributed by atoms with Crippen LogP contribution < -0.4 is 4.90 Å². The summed E-state index contributed by atoms with van der Waals surface area (Å²) in [6.45, 7) is 3.56. The van der Waals surface area contributed by atoms with Crippen molar-refractivity contribution in [1.82, 2.24) is 0 Å². The number of benzene rings is 2. The first-order chi connectivity index (χ1) is 12.9. The minimum Gasteiger partial charge on any atom is -0.449 e. The SMILES string of the molecule is C[C@@H](OC(=O)/C=C/c1ccc(Cl)cc1Cl)C(=O)N1c2ccccc2C[C@@H]1C. The molecular formula is C21H19Cl2NO3. The highest BCUT2D eigenvalue weighted by Gasteiger charge is 2.34. The normalized spacial score (nSPS) is 17.0. The molecule has 0 aliphatic carbocycles. The third kappa shape index (κ3) is 4.34. The molecule has 0 N–H and O–H groups in total. The Morgan fingerprint density at radius 1 is 1.22 bits per heavy atom. The summed E-state index contributed by atoms with van der Waals surface area (Å²) in [5.74, 6) is -0.847. The monoisotopic (exact) mass is 403 g/mol. The molecule has 0 spiro atoms. The van der Waals surface area contributed by atoms with Crippen molar-refractivity contribution in [3.05, 3.63) is 69.7 Å². The van der Waals surface area contributed by atoms with Crippen LogP contribution in [0.4, 0.5) is 5.69 Å².